The number of fused-ring (bicyclic) bond motifs is 1. The van der Waals surface area contributed by atoms with Gasteiger partial charge in [-0.2, -0.15) is 13.2 Å². The van der Waals surface area contributed by atoms with E-state index in [1.165, 1.54) is 6.07 Å². The SMILES string of the molecule is COc1cc(-c2nnc3n2CCCC3(Oc2ccc(Cl)c(C(F)(F)F)c2)C(C)(C)O)ccc1-n1cnc(C)c1. The van der Waals surface area contributed by atoms with E-state index in [2.05, 4.69) is 15.2 Å². The maximum atomic E-state index is 13.5. The zero-order valence-electron chi connectivity index (χ0n) is 21.8. The molecule has 1 N–H and O–H groups in total. The molecule has 0 spiro atoms. The van der Waals surface area contributed by atoms with E-state index in [0.29, 0.717) is 42.3 Å². The van der Waals surface area contributed by atoms with Crippen LogP contribution in [-0.2, 0) is 18.3 Å². The van der Waals surface area contributed by atoms with E-state index < -0.39 is 28.0 Å². The standard InChI is InChI=1S/C27H27ClF3N5O3/c1-16-14-35(15-32-16)21-9-6-17(12-22(21)38-4)23-33-34-24-26(25(2,3)37,10-5-11-36(23)24)39-18-7-8-20(28)19(13-18)27(29,30)31/h6-9,12-15,37H,5,10-11H2,1-4H3. The lowest BCUT2D eigenvalue weighted by Crippen LogP contribution is -2.55. The summed E-state index contributed by atoms with van der Waals surface area (Å²) in [5.74, 6) is 1.33. The van der Waals surface area contributed by atoms with Gasteiger partial charge in [0.25, 0.3) is 0 Å². The van der Waals surface area contributed by atoms with Crippen LogP contribution >= 0.6 is 11.6 Å². The van der Waals surface area contributed by atoms with Gasteiger partial charge in [-0.25, -0.2) is 4.98 Å². The van der Waals surface area contributed by atoms with Crippen molar-refractivity contribution in [2.75, 3.05) is 7.11 Å². The number of alkyl halides is 3. The van der Waals surface area contributed by atoms with E-state index in [1.54, 1.807) is 27.3 Å². The van der Waals surface area contributed by atoms with Crippen molar-refractivity contribution in [2.45, 2.75) is 57.5 Å². The molecule has 4 aromatic rings. The maximum Gasteiger partial charge on any atom is 0.417 e. The van der Waals surface area contributed by atoms with Crippen LogP contribution in [0.3, 0.4) is 0 Å². The van der Waals surface area contributed by atoms with E-state index >= 15 is 0 Å². The van der Waals surface area contributed by atoms with Gasteiger partial charge in [-0.1, -0.05) is 11.6 Å². The third-order valence-corrected chi connectivity index (χ3v) is 7.30. The van der Waals surface area contributed by atoms with Gasteiger partial charge in [0.05, 0.1) is 35.4 Å². The molecular weight excluding hydrogens is 535 g/mol. The highest BCUT2D eigenvalue weighted by Gasteiger charge is 2.53. The number of methoxy groups -OCH3 is 1. The fraction of sp³-hybridized carbons (Fsp3) is 0.370. The summed E-state index contributed by atoms with van der Waals surface area (Å²) in [7, 11) is 1.57. The summed E-state index contributed by atoms with van der Waals surface area (Å²) in [5, 5.41) is 19.7. The molecule has 1 unspecified atom stereocenters. The van der Waals surface area contributed by atoms with E-state index in [4.69, 9.17) is 21.1 Å². The molecule has 1 aliphatic heterocycles. The highest BCUT2D eigenvalue weighted by atomic mass is 35.5. The lowest BCUT2D eigenvalue weighted by molar-refractivity contribution is -0.141. The minimum atomic E-state index is -4.67. The molecule has 8 nitrogen and oxygen atoms in total. The topological polar surface area (TPSA) is 87.2 Å². The molecule has 5 rings (SSSR count). The summed E-state index contributed by atoms with van der Waals surface area (Å²) in [6, 6.07) is 8.91. The summed E-state index contributed by atoms with van der Waals surface area (Å²) in [4.78, 5) is 4.27. The quantitative estimate of drug-likeness (QED) is 0.313. The molecule has 3 heterocycles. The minimum absolute atomic E-state index is 0.0894. The molecule has 0 saturated heterocycles. The van der Waals surface area contributed by atoms with Crippen LogP contribution in [0.2, 0.25) is 5.02 Å². The number of imidazole rings is 1. The second kappa shape index (κ2) is 9.56. The normalized spacial score (nSPS) is 17.7. The van der Waals surface area contributed by atoms with E-state index in [9.17, 15) is 18.3 Å². The van der Waals surface area contributed by atoms with Gasteiger partial charge in [-0.15, -0.1) is 10.2 Å². The number of rotatable bonds is 6. The third-order valence-electron chi connectivity index (χ3n) is 6.97. The maximum absolute atomic E-state index is 13.5. The van der Waals surface area contributed by atoms with E-state index in [1.807, 2.05) is 40.5 Å². The van der Waals surface area contributed by atoms with Crippen molar-refractivity contribution in [3.05, 3.63) is 71.0 Å². The molecule has 12 heteroatoms. The summed E-state index contributed by atoms with van der Waals surface area (Å²) >= 11 is 5.81. The zero-order chi connectivity index (χ0) is 28.2. The smallest absolute Gasteiger partial charge is 0.417 e. The van der Waals surface area contributed by atoms with Gasteiger partial charge in [0.2, 0.25) is 0 Å². The van der Waals surface area contributed by atoms with Crippen molar-refractivity contribution in [3.63, 3.8) is 0 Å². The molecule has 2 aromatic heterocycles. The number of aryl methyl sites for hydroxylation is 1. The Kier molecular flexibility index (Phi) is 6.62. The Labute approximate surface area is 228 Å². The Morgan fingerprint density at radius 3 is 2.51 bits per heavy atom. The van der Waals surface area contributed by atoms with Gasteiger partial charge >= 0.3 is 6.18 Å². The molecule has 1 aliphatic rings. The van der Waals surface area contributed by atoms with Crippen LogP contribution in [-0.4, -0.2) is 42.1 Å². The number of hydrogen-bond donors (Lipinski definition) is 1. The van der Waals surface area contributed by atoms with Gasteiger partial charge in [-0.05, 0) is 70.0 Å². The van der Waals surface area contributed by atoms with Gasteiger partial charge < -0.3 is 23.7 Å². The Hall–Kier alpha value is -3.57. The van der Waals surface area contributed by atoms with E-state index in [0.717, 1.165) is 23.5 Å². The fourth-order valence-corrected chi connectivity index (χ4v) is 5.22. The van der Waals surface area contributed by atoms with Crippen molar-refractivity contribution < 1.29 is 27.8 Å². The van der Waals surface area contributed by atoms with Crippen molar-refractivity contribution in [2.24, 2.45) is 0 Å². The van der Waals surface area contributed by atoms with Crippen LogP contribution in [0.5, 0.6) is 11.5 Å². The molecule has 0 saturated carbocycles. The van der Waals surface area contributed by atoms with Crippen molar-refractivity contribution in [3.8, 4) is 28.6 Å². The summed E-state index contributed by atoms with van der Waals surface area (Å²) in [6.07, 6.45) is -0.223. The number of halogens is 4. The van der Waals surface area contributed by atoms with Gasteiger partial charge in [0.15, 0.2) is 17.2 Å². The van der Waals surface area contributed by atoms with Crippen molar-refractivity contribution in [1.82, 2.24) is 24.3 Å². The van der Waals surface area contributed by atoms with Gasteiger partial charge in [0, 0.05) is 18.3 Å². The molecular formula is C27H27ClF3N5O3. The Morgan fingerprint density at radius 2 is 1.87 bits per heavy atom. The monoisotopic (exact) mass is 561 g/mol. The predicted octanol–water partition coefficient (Wildman–Crippen LogP) is 5.96. The van der Waals surface area contributed by atoms with Gasteiger partial charge in [0.1, 0.15) is 17.1 Å². The Balaban J connectivity index is 1.59. The van der Waals surface area contributed by atoms with Gasteiger partial charge in [-0.3, -0.25) is 0 Å². The number of hydrogen-bond acceptors (Lipinski definition) is 6. The van der Waals surface area contributed by atoms with Crippen LogP contribution in [0.15, 0.2) is 48.9 Å². The minimum Gasteiger partial charge on any atom is -0.495 e. The third kappa shape index (κ3) is 4.74. The first-order chi connectivity index (χ1) is 18.3. The average Bonchev–Trinajstić information content (AvgIpc) is 3.50. The molecule has 0 fully saturated rings. The first-order valence-corrected chi connectivity index (χ1v) is 12.6. The molecule has 0 bridgehead atoms. The van der Waals surface area contributed by atoms with Crippen LogP contribution in [0.4, 0.5) is 13.2 Å². The summed E-state index contributed by atoms with van der Waals surface area (Å²) in [5.41, 5.74) is -1.68. The second-order valence-electron chi connectivity index (χ2n) is 10.0. The number of nitrogens with zero attached hydrogens (tertiary/aromatic N) is 5. The first kappa shape index (κ1) is 27.0. The lowest BCUT2D eigenvalue weighted by atomic mass is 9.79. The van der Waals surface area contributed by atoms with E-state index in [-0.39, 0.29) is 5.75 Å². The number of ether oxygens (including phenoxy) is 2. The zero-order valence-corrected chi connectivity index (χ0v) is 22.5. The average molecular weight is 562 g/mol. The summed E-state index contributed by atoms with van der Waals surface area (Å²) < 4.78 is 56.2. The fourth-order valence-electron chi connectivity index (χ4n) is 5.00. The first-order valence-electron chi connectivity index (χ1n) is 12.3. The number of aliphatic hydroxyl groups is 1. The molecule has 0 radical (unpaired) electrons. The molecule has 1 atom stereocenters. The number of benzene rings is 2. The highest BCUT2D eigenvalue weighted by molar-refractivity contribution is 6.31. The largest absolute Gasteiger partial charge is 0.495 e. The van der Waals surface area contributed by atoms with Crippen molar-refractivity contribution >= 4 is 11.6 Å². The van der Waals surface area contributed by atoms with Crippen LogP contribution in [0.1, 0.15) is 43.8 Å². The Morgan fingerprint density at radius 1 is 1.10 bits per heavy atom. The van der Waals surface area contributed by atoms with Crippen LogP contribution in [0, 0.1) is 6.92 Å². The summed E-state index contributed by atoms with van der Waals surface area (Å²) in [6.45, 7) is 5.51. The second-order valence-corrected chi connectivity index (χ2v) is 10.4. The molecule has 39 heavy (non-hydrogen) atoms. The molecule has 0 aliphatic carbocycles. The molecule has 2 aromatic carbocycles. The lowest BCUT2D eigenvalue weighted by Gasteiger charge is -2.44. The predicted molar refractivity (Wildman–Crippen MR) is 138 cm³/mol. The number of aromatic nitrogens is 5. The van der Waals surface area contributed by atoms with Crippen LogP contribution in [0.25, 0.3) is 17.1 Å². The molecule has 206 valence electrons. The molecule has 0 amide bonds. The Bertz CT molecular complexity index is 1530. The van der Waals surface area contributed by atoms with Crippen LogP contribution < -0.4 is 9.47 Å². The highest BCUT2D eigenvalue weighted by Crippen LogP contribution is 2.46. The van der Waals surface area contributed by atoms with Crippen molar-refractivity contribution in [1.29, 1.82) is 0 Å².